The van der Waals surface area contributed by atoms with Crippen molar-refractivity contribution in [2.24, 2.45) is 11.5 Å². The molecule has 0 aromatic carbocycles. The molecule has 0 saturated carbocycles. The Morgan fingerprint density at radius 1 is 1.10 bits per heavy atom. The minimum Gasteiger partial charge on any atom is -0.348 e. The smallest absolute Gasteiger partial charge is 0.147 e. The van der Waals surface area contributed by atoms with E-state index in [0.717, 1.165) is 0 Å². The van der Waals surface area contributed by atoms with Crippen molar-refractivity contribution in [2.45, 2.75) is 12.2 Å². The fourth-order valence-corrected chi connectivity index (χ4v) is 0.868. The summed E-state index contributed by atoms with van der Waals surface area (Å²) in [5.74, 6) is 0. The first-order chi connectivity index (χ1) is 4.38. The molecule has 0 aromatic rings. The van der Waals surface area contributed by atoms with Gasteiger partial charge in [0.05, 0.1) is 0 Å². The monoisotopic (exact) mass is 327 g/mol. The summed E-state index contributed by atoms with van der Waals surface area (Å²) in [6, 6.07) is 0. The zero-order valence-corrected chi connectivity index (χ0v) is 7.84. The first-order valence-electron chi connectivity index (χ1n) is 3.02. The molecule has 1 fully saturated rings. The fourth-order valence-electron chi connectivity index (χ4n) is 0.868. The van der Waals surface area contributed by atoms with E-state index in [-0.39, 0.29) is 33.3 Å². The van der Waals surface area contributed by atoms with Crippen molar-refractivity contribution in [2.75, 3.05) is 19.9 Å². The molecule has 4 N–H and O–H groups in total. The van der Waals surface area contributed by atoms with Crippen LogP contribution in [-0.4, -0.2) is 32.1 Å². The summed E-state index contributed by atoms with van der Waals surface area (Å²) in [5, 5.41) is 0. The van der Waals surface area contributed by atoms with Crippen LogP contribution in [0.3, 0.4) is 0 Å². The van der Waals surface area contributed by atoms with Crippen molar-refractivity contribution >= 4 is 0 Å². The van der Waals surface area contributed by atoms with E-state index in [9.17, 15) is 0 Å². The van der Waals surface area contributed by atoms with Crippen molar-refractivity contribution in [3.05, 3.63) is 0 Å². The zero-order chi connectivity index (χ0) is 6.69. The van der Waals surface area contributed by atoms with Gasteiger partial charge in [0.1, 0.15) is 19.0 Å². The molecule has 1 aliphatic heterocycles. The maximum atomic E-state index is 5.34. The Labute approximate surface area is 74.5 Å². The molecule has 1 rings (SSSR count). The topological polar surface area (TPSA) is 70.5 Å². The third-order valence-corrected chi connectivity index (χ3v) is 1.44. The summed E-state index contributed by atoms with van der Waals surface area (Å²) in [7, 11) is 0. The maximum absolute atomic E-state index is 5.34. The Morgan fingerprint density at radius 3 is 1.80 bits per heavy atom. The normalized spacial score (nSPS) is 31.8. The molecule has 0 radical (unpaired) electrons. The van der Waals surface area contributed by atoms with Crippen molar-refractivity contribution in [3.63, 3.8) is 0 Å². The molecule has 0 bridgehead atoms. The van der Waals surface area contributed by atoms with Gasteiger partial charge in [0.2, 0.25) is 0 Å². The molecule has 0 aromatic heterocycles. The number of hydrogen-bond donors (Lipinski definition) is 2. The maximum Gasteiger partial charge on any atom is 0.147 e. The molecule has 10 heavy (non-hydrogen) atoms. The van der Waals surface area contributed by atoms with Crippen LogP contribution >= 0.6 is 0 Å². The molecule has 0 aliphatic carbocycles. The van der Waals surface area contributed by atoms with Gasteiger partial charge in [0.25, 0.3) is 0 Å². The van der Waals surface area contributed by atoms with Crippen LogP contribution in [0.2, 0.25) is 0 Å². The minimum atomic E-state index is 0. The van der Waals surface area contributed by atoms with Crippen LogP contribution in [-0.2, 0) is 30.5 Å². The van der Waals surface area contributed by atoms with Crippen LogP contribution in [0.5, 0.6) is 0 Å². The molecule has 2 atom stereocenters. The molecular weight excluding hydrogens is 315 g/mol. The van der Waals surface area contributed by atoms with Crippen LogP contribution in [0.1, 0.15) is 0 Å². The summed E-state index contributed by atoms with van der Waals surface area (Å²) in [6.07, 6.45) is 0.0185. The van der Waals surface area contributed by atoms with Crippen molar-refractivity contribution in [1.82, 2.24) is 0 Å². The van der Waals surface area contributed by atoms with Crippen molar-refractivity contribution in [1.29, 1.82) is 0 Å². The van der Waals surface area contributed by atoms with E-state index in [1.165, 1.54) is 0 Å². The van der Waals surface area contributed by atoms with E-state index in [0.29, 0.717) is 19.9 Å². The average molecular weight is 327 g/mol. The first kappa shape index (κ1) is 10.5. The van der Waals surface area contributed by atoms with E-state index in [1.807, 2.05) is 0 Å². The Kier molecular flexibility index (Phi) is 5.49. The van der Waals surface area contributed by atoms with Gasteiger partial charge < -0.3 is 20.9 Å². The van der Waals surface area contributed by atoms with Crippen LogP contribution in [0, 0.1) is 0 Å². The molecular formula is C5H12N2O2Pt. The van der Waals surface area contributed by atoms with E-state index < -0.39 is 0 Å². The Balaban J connectivity index is 0.000000810. The van der Waals surface area contributed by atoms with Crippen LogP contribution in [0.15, 0.2) is 0 Å². The average Bonchev–Trinajstić information content (AvgIpc) is 2.33. The van der Waals surface area contributed by atoms with Crippen LogP contribution in [0.4, 0.5) is 0 Å². The molecule has 0 spiro atoms. The zero-order valence-electron chi connectivity index (χ0n) is 5.56. The fraction of sp³-hybridized carbons (Fsp3) is 1.00. The quantitative estimate of drug-likeness (QED) is 0.658. The van der Waals surface area contributed by atoms with Gasteiger partial charge in [-0.3, -0.25) is 0 Å². The van der Waals surface area contributed by atoms with Gasteiger partial charge in [-0.05, 0) is 0 Å². The van der Waals surface area contributed by atoms with E-state index in [1.54, 1.807) is 0 Å². The third-order valence-electron chi connectivity index (χ3n) is 1.44. The van der Waals surface area contributed by atoms with Crippen LogP contribution < -0.4 is 11.5 Å². The van der Waals surface area contributed by atoms with Crippen LogP contribution in [0.25, 0.3) is 0 Å². The second-order valence-electron chi connectivity index (χ2n) is 2.00. The van der Waals surface area contributed by atoms with E-state index in [4.69, 9.17) is 20.9 Å². The predicted molar refractivity (Wildman–Crippen MR) is 32.7 cm³/mol. The summed E-state index contributed by atoms with van der Waals surface area (Å²) in [4.78, 5) is 0. The standard InChI is InChI=1S/C5H12N2O2.Pt/c6-1-4-5(2-7)9-3-8-4;/h4-5H,1-3,6-7H2;/t4-,5-;/m0./s1. The van der Waals surface area contributed by atoms with Gasteiger partial charge in [0, 0.05) is 34.2 Å². The van der Waals surface area contributed by atoms with Gasteiger partial charge in [-0.1, -0.05) is 0 Å². The largest absolute Gasteiger partial charge is 0.348 e. The molecule has 1 aliphatic rings. The van der Waals surface area contributed by atoms with Crippen molar-refractivity contribution < 1.29 is 30.5 Å². The number of hydrogen-bond acceptors (Lipinski definition) is 4. The van der Waals surface area contributed by atoms with Crippen molar-refractivity contribution in [3.8, 4) is 0 Å². The van der Waals surface area contributed by atoms with E-state index in [2.05, 4.69) is 0 Å². The van der Waals surface area contributed by atoms with Gasteiger partial charge in [-0.25, -0.2) is 0 Å². The SMILES string of the molecule is NC[C@@H]1OCO[C@H]1CN.[Pt]. The minimum absolute atomic E-state index is 0. The second kappa shape index (κ2) is 5.21. The van der Waals surface area contributed by atoms with Gasteiger partial charge >= 0.3 is 0 Å². The summed E-state index contributed by atoms with van der Waals surface area (Å²) in [5.41, 5.74) is 10.7. The molecule has 1 saturated heterocycles. The molecule has 4 nitrogen and oxygen atoms in total. The predicted octanol–water partition coefficient (Wildman–Crippen LogP) is -1.36. The number of rotatable bonds is 2. The second-order valence-corrected chi connectivity index (χ2v) is 2.00. The molecule has 0 amide bonds. The summed E-state index contributed by atoms with van der Waals surface area (Å²) < 4.78 is 10.2. The third kappa shape index (κ3) is 2.29. The number of ether oxygens (including phenoxy) is 2. The Morgan fingerprint density at radius 2 is 1.50 bits per heavy atom. The molecule has 64 valence electrons. The molecule has 0 unspecified atom stereocenters. The Bertz CT molecular complexity index is 83.7. The summed E-state index contributed by atoms with van der Waals surface area (Å²) >= 11 is 0. The van der Waals surface area contributed by atoms with E-state index >= 15 is 0 Å². The first-order valence-corrected chi connectivity index (χ1v) is 3.02. The molecule has 1 heterocycles. The van der Waals surface area contributed by atoms with Gasteiger partial charge in [-0.2, -0.15) is 0 Å². The Hall–Kier alpha value is 0.528. The number of nitrogens with two attached hydrogens (primary N) is 2. The molecule has 5 heteroatoms. The van der Waals surface area contributed by atoms with Gasteiger partial charge in [0.15, 0.2) is 0 Å². The summed E-state index contributed by atoms with van der Waals surface area (Å²) in [6.45, 7) is 1.31. The van der Waals surface area contributed by atoms with Gasteiger partial charge in [-0.15, -0.1) is 0 Å².